The second-order valence-corrected chi connectivity index (χ2v) is 8.98. The van der Waals surface area contributed by atoms with E-state index in [0.29, 0.717) is 17.6 Å². The molecule has 3 rings (SSSR count). The van der Waals surface area contributed by atoms with Crippen LogP contribution in [0.2, 0.25) is 0 Å². The third kappa shape index (κ3) is 6.39. The van der Waals surface area contributed by atoms with E-state index < -0.39 is 5.91 Å². The van der Waals surface area contributed by atoms with Crippen molar-refractivity contribution in [3.63, 3.8) is 0 Å². The topological polar surface area (TPSA) is 59.0 Å². The summed E-state index contributed by atoms with van der Waals surface area (Å²) in [6.07, 6.45) is 0. The summed E-state index contributed by atoms with van der Waals surface area (Å²) in [5.41, 5.74) is 6.10. The average molecular weight is 439 g/mol. The molecular weight excluding hydrogens is 400 g/mol. The number of amides is 1. The maximum Gasteiger partial charge on any atom is 0.274 e. The molecule has 32 heavy (non-hydrogen) atoms. The minimum Gasteiger partial charge on any atom is -0.300 e. The summed E-state index contributed by atoms with van der Waals surface area (Å²) in [6.45, 7) is 16.1. The zero-order valence-electron chi connectivity index (χ0n) is 19.9. The van der Waals surface area contributed by atoms with Gasteiger partial charge < -0.3 is 0 Å². The molecule has 2 N–H and O–H groups in total. The lowest BCUT2D eigenvalue weighted by atomic mass is 10.0. The summed E-state index contributed by atoms with van der Waals surface area (Å²) < 4.78 is 0. The van der Waals surface area contributed by atoms with E-state index in [4.69, 9.17) is 5.21 Å². The van der Waals surface area contributed by atoms with Gasteiger partial charge in [0.15, 0.2) is 0 Å². The molecule has 0 saturated carbocycles. The number of nitrogens with one attached hydrogen (secondary N) is 1. The Hall–Kier alpha value is -2.25. The van der Waals surface area contributed by atoms with E-state index in [1.54, 1.807) is 17.6 Å². The standard InChI is InChI=1S/C26H38N4O2/c1-5-28(6-2)18-23-8-7-9-24(14-23)19-30-20(3)15-29(16-21(30)4)17-22-10-12-25(13-11-22)26(31)27-32/h7-14,20-21,32H,5-6,15-19H2,1-4H3,(H,27,31)/t20-,21+. The lowest BCUT2D eigenvalue weighted by molar-refractivity contribution is 0.0290. The van der Waals surface area contributed by atoms with Crippen molar-refractivity contribution in [2.75, 3.05) is 26.2 Å². The van der Waals surface area contributed by atoms with Crippen LogP contribution in [0.5, 0.6) is 0 Å². The van der Waals surface area contributed by atoms with Gasteiger partial charge in [0.05, 0.1) is 0 Å². The minimum atomic E-state index is -0.478. The molecule has 1 aliphatic heterocycles. The predicted octanol–water partition coefficient (Wildman–Crippen LogP) is 3.74. The highest BCUT2D eigenvalue weighted by Gasteiger charge is 2.29. The first-order valence-electron chi connectivity index (χ1n) is 11.7. The fourth-order valence-corrected chi connectivity index (χ4v) is 4.73. The molecule has 1 amide bonds. The van der Waals surface area contributed by atoms with E-state index in [1.807, 2.05) is 12.1 Å². The van der Waals surface area contributed by atoms with Crippen molar-refractivity contribution in [2.45, 2.75) is 59.4 Å². The molecule has 0 radical (unpaired) electrons. The van der Waals surface area contributed by atoms with Crippen LogP contribution < -0.4 is 5.48 Å². The molecule has 0 spiro atoms. The van der Waals surface area contributed by atoms with Gasteiger partial charge in [-0.15, -0.1) is 0 Å². The highest BCUT2D eigenvalue weighted by molar-refractivity contribution is 5.93. The van der Waals surface area contributed by atoms with Crippen LogP contribution in [0.3, 0.4) is 0 Å². The number of hydrogen-bond acceptors (Lipinski definition) is 5. The van der Waals surface area contributed by atoms with E-state index in [0.717, 1.165) is 45.8 Å². The smallest absolute Gasteiger partial charge is 0.274 e. The number of piperazine rings is 1. The Morgan fingerprint density at radius 3 is 2.19 bits per heavy atom. The van der Waals surface area contributed by atoms with Gasteiger partial charge >= 0.3 is 0 Å². The Balaban J connectivity index is 1.58. The molecule has 1 saturated heterocycles. The van der Waals surface area contributed by atoms with Crippen LogP contribution in [0.15, 0.2) is 48.5 Å². The van der Waals surface area contributed by atoms with Crippen LogP contribution in [0.4, 0.5) is 0 Å². The maximum absolute atomic E-state index is 11.5. The first-order valence-corrected chi connectivity index (χ1v) is 11.7. The number of nitrogens with zero attached hydrogens (tertiary/aromatic N) is 3. The Kier molecular flexibility index (Phi) is 8.82. The number of hydrogen-bond donors (Lipinski definition) is 2. The number of hydroxylamine groups is 1. The van der Waals surface area contributed by atoms with Crippen molar-refractivity contribution in [1.82, 2.24) is 20.2 Å². The molecule has 2 atom stereocenters. The van der Waals surface area contributed by atoms with Gasteiger partial charge in [-0.1, -0.05) is 50.2 Å². The number of carbonyl (C=O) groups is 1. The monoisotopic (exact) mass is 438 g/mol. The summed E-state index contributed by atoms with van der Waals surface area (Å²) in [4.78, 5) is 19.1. The van der Waals surface area contributed by atoms with Crippen molar-refractivity contribution >= 4 is 5.91 Å². The van der Waals surface area contributed by atoms with Gasteiger partial charge in [-0.25, -0.2) is 5.48 Å². The van der Waals surface area contributed by atoms with Crippen molar-refractivity contribution in [1.29, 1.82) is 0 Å². The maximum atomic E-state index is 11.5. The Morgan fingerprint density at radius 1 is 0.969 bits per heavy atom. The van der Waals surface area contributed by atoms with Crippen LogP contribution in [0.1, 0.15) is 54.7 Å². The van der Waals surface area contributed by atoms with Gasteiger partial charge in [0, 0.05) is 50.4 Å². The van der Waals surface area contributed by atoms with E-state index >= 15 is 0 Å². The summed E-state index contributed by atoms with van der Waals surface area (Å²) in [7, 11) is 0. The molecule has 1 aliphatic rings. The van der Waals surface area contributed by atoms with Crippen LogP contribution in [0, 0.1) is 0 Å². The Bertz CT molecular complexity index is 854. The summed E-state index contributed by atoms with van der Waals surface area (Å²) in [5, 5.41) is 8.77. The molecule has 1 fully saturated rings. The van der Waals surface area contributed by atoms with Crippen LogP contribution in [-0.4, -0.2) is 64.1 Å². The van der Waals surface area contributed by atoms with Crippen molar-refractivity contribution in [2.24, 2.45) is 0 Å². The first kappa shape index (κ1) is 24.4. The van der Waals surface area contributed by atoms with Crippen molar-refractivity contribution < 1.29 is 10.0 Å². The van der Waals surface area contributed by atoms with Gasteiger partial charge in [0.2, 0.25) is 0 Å². The molecule has 6 nitrogen and oxygen atoms in total. The fourth-order valence-electron chi connectivity index (χ4n) is 4.73. The molecule has 2 aromatic carbocycles. The lowest BCUT2D eigenvalue weighted by Gasteiger charge is -2.44. The predicted molar refractivity (Wildman–Crippen MR) is 129 cm³/mol. The Morgan fingerprint density at radius 2 is 1.59 bits per heavy atom. The normalized spacial score (nSPS) is 19.9. The van der Waals surface area contributed by atoms with Crippen molar-refractivity contribution in [3.8, 4) is 0 Å². The molecule has 0 aliphatic carbocycles. The highest BCUT2D eigenvalue weighted by atomic mass is 16.5. The molecule has 0 unspecified atom stereocenters. The second-order valence-electron chi connectivity index (χ2n) is 8.98. The zero-order valence-corrected chi connectivity index (χ0v) is 19.9. The van der Waals surface area contributed by atoms with Crippen molar-refractivity contribution in [3.05, 3.63) is 70.8 Å². The molecule has 1 heterocycles. The van der Waals surface area contributed by atoms with Crippen LogP contribution in [-0.2, 0) is 19.6 Å². The third-order valence-electron chi connectivity index (χ3n) is 6.56. The first-order chi connectivity index (χ1) is 15.4. The summed E-state index contributed by atoms with van der Waals surface area (Å²) in [6, 6.07) is 17.4. The van der Waals surface area contributed by atoms with Gasteiger partial charge in [-0.3, -0.25) is 24.7 Å². The fraction of sp³-hybridized carbons (Fsp3) is 0.500. The van der Waals surface area contributed by atoms with E-state index in [-0.39, 0.29) is 0 Å². The van der Waals surface area contributed by atoms with Gasteiger partial charge in [0.25, 0.3) is 5.91 Å². The van der Waals surface area contributed by atoms with Gasteiger partial charge in [0.1, 0.15) is 0 Å². The molecule has 6 heteroatoms. The molecule has 0 aromatic heterocycles. The molecule has 0 bridgehead atoms. The van der Waals surface area contributed by atoms with E-state index in [2.05, 4.69) is 66.7 Å². The summed E-state index contributed by atoms with van der Waals surface area (Å²) in [5.74, 6) is -0.478. The highest BCUT2D eigenvalue weighted by Crippen LogP contribution is 2.21. The lowest BCUT2D eigenvalue weighted by Crippen LogP contribution is -2.55. The number of carbonyl (C=O) groups excluding carboxylic acids is 1. The molecular formula is C26H38N4O2. The Labute approximate surface area is 192 Å². The molecule has 2 aromatic rings. The number of rotatable bonds is 9. The van der Waals surface area contributed by atoms with Gasteiger partial charge in [-0.05, 0) is 55.8 Å². The summed E-state index contributed by atoms with van der Waals surface area (Å²) >= 11 is 0. The van der Waals surface area contributed by atoms with E-state index in [9.17, 15) is 4.79 Å². The largest absolute Gasteiger partial charge is 0.300 e. The second kappa shape index (κ2) is 11.6. The van der Waals surface area contributed by atoms with Gasteiger partial charge in [-0.2, -0.15) is 0 Å². The quantitative estimate of drug-likeness (QED) is 0.461. The SMILES string of the molecule is CCN(CC)Cc1cccc(CN2[C@H](C)CN(Cc3ccc(C(=O)NO)cc3)C[C@@H]2C)c1. The third-order valence-corrected chi connectivity index (χ3v) is 6.56. The number of benzene rings is 2. The molecule has 174 valence electrons. The van der Waals surface area contributed by atoms with Crippen LogP contribution in [0.25, 0.3) is 0 Å². The average Bonchev–Trinajstić information content (AvgIpc) is 2.80. The zero-order chi connectivity index (χ0) is 23.1. The van der Waals surface area contributed by atoms with Crippen LogP contribution >= 0.6 is 0 Å². The van der Waals surface area contributed by atoms with E-state index in [1.165, 1.54) is 16.7 Å². The minimum absolute atomic E-state index is 0.463.